The first-order chi connectivity index (χ1) is 11.5. The van der Waals surface area contributed by atoms with E-state index in [-0.39, 0.29) is 11.7 Å². The Morgan fingerprint density at radius 2 is 1.75 bits per heavy atom. The van der Waals surface area contributed by atoms with Crippen molar-refractivity contribution >= 4 is 27.6 Å². The van der Waals surface area contributed by atoms with Gasteiger partial charge in [0.25, 0.3) is 0 Å². The molecule has 24 heavy (non-hydrogen) atoms. The van der Waals surface area contributed by atoms with Crippen molar-refractivity contribution in [1.82, 2.24) is 4.57 Å². The van der Waals surface area contributed by atoms with Gasteiger partial charge in [0.2, 0.25) is 5.91 Å². The van der Waals surface area contributed by atoms with Gasteiger partial charge >= 0.3 is 0 Å². The smallest absolute Gasteiger partial charge is 0.228 e. The van der Waals surface area contributed by atoms with E-state index in [0.717, 1.165) is 27.7 Å². The molecule has 120 valence electrons. The van der Waals surface area contributed by atoms with Crippen molar-refractivity contribution in [2.75, 3.05) is 0 Å². The van der Waals surface area contributed by atoms with E-state index >= 15 is 0 Å². The summed E-state index contributed by atoms with van der Waals surface area (Å²) >= 11 is 0. The first-order valence-electron chi connectivity index (χ1n) is 7.82. The van der Waals surface area contributed by atoms with Crippen molar-refractivity contribution in [3.63, 3.8) is 0 Å². The molecule has 2 aromatic carbocycles. The molecule has 0 saturated heterocycles. The molecule has 4 aromatic rings. The summed E-state index contributed by atoms with van der Waals surface area (Å²) in [6, 6.07) is 13.3. The van der Waals surface area contributed by atoms with Gasteiger partial charge in [0.05, 0.1) is 11.1 Å². The van der Waals surface area contributed by atoms with E-state index in [2.05, 4.69) is 0 Å². The van der Waals surface area contributed by atoms with Crippen LogP contribution in [0.1, 0.15) is 23.2 Å². The lowest BCUT2D eigenvalue weighted by molar-refractivity contribution is 0.0940. The average Bonchev–Trinajstić information content (AvgIpc) is 3.11. The lowest BCUT2D eigenvalue weighted by Crippen LogP contribution is -2.07. The van der Waals surface area contributed by atoms with Crippen LogP contribution in [0.2, 0.25) is 0 Å². The number of rotatable bonds is 1. The van der Waals surface area contributed by atoms with Crippen molar-refractivity contribution in [2.45, 2.75) is 20.8 Å². The second kappa shape index (κ2) is 4.99. The van der Waals surface area contributed by atoms with Gasteiger partial charge < -0.3 is 9.52 Å². The molecule has 0 spiro atoms. The fourth-order valence-electron chi connectivity index (χ4n) is 3.48. The predicted octanol–water partition coefficient (Wildman–Crippen LogP) is 5.04. The molecule has 0 unspecified atom stereocenters. The Bertz CT molecular complexity index is 1120. The number of hydrogen-bond acceptors (Lipinski definition) is 3. The van der Waals surface area contributed by atoms with Crippen molar-refractivity contribution in [1.29, 1.82) is 0 Å². The first kappa shape index (κ1) is 14.6. The highest BCUT2D eigenvalue weighted by molar-refractivity contribution is 6.18. The maximum atomic E-state index is 12.1. The van der Waals surface area contributed by atoms with Gasteiger partial charge in [0, 0.05) is 23.4 Å². The Kier molecular flexibility index (Phi) is 3.03. The van der Waals surface area contributed by atoms with Crippen LogP contribution in [-0.4, -0.2) is 15.6 Å². The number of carbonyl (C=O) groups excluding carboxylic acids is 1. The Morgan fingerprint density at radius 1 is 1.04 bits per heavy atom. The standard InChI is InChI=1S/C20H17NO3/c1-11-10-16-19(21(11)13(3)22)15-7-5-4-6-14(15)18(20(16)23)17-9-8-12(2)24-17/h4-10,23H,1-3H3. The molecule has 0 atom stereocenters. The molecule has 0 saturated carbocycles. The summed E-state index contributed by atoms with van der Waals surface area (Å²) in [5.41, 5.74) is 2.19. The van der Waals surface area contributed by atoms with Crippen LogP contribution >= 0.6 is 0 Å². The van der Waals surface area contributed by atoms with E-state index in [0.29, 0.717) is 16.7 Å². The lowest BCUT2D eigenvalue weighted by atomic mass is 9.98. The zero-order chi connectivity index (χ0) is 17.0. The van der Waals surface area contributed by atoms with E-state index in [4.69, 9.17) is 4.42 Å². The fraction of sp³-hybridized carbons (Fsp3) is 0.150. The number of phenols is 1. The molecule has 0 bridgehead atoms. The highest BCUT2D eigenvalue weighted by atomic mass is 16.3. The number of fused-ring (bicyclic) bond motifs is 3. The number of aromatic nitrogens is 1. The van der Waals surface area contributed by atoms with Crippen molar-refractivity contribution in [3.05, 3.63) is 53.9 Å². The molecule has 0 fully saturated rings. The summed E-state index contributed by atoms with van der Waals surface area (Å²) in [5.74, 6) is 1.47. The summed E-state index contributed by atoms with van der Waals surface area (Å²) in [6.45, 7) is 5.27. The molecule has 4 heteroatoms. The molecular formula is C20H17NO3. The minimum Gasteiger partial charge on any atom is -0.506 e. The summed E-state index contributed by atoms with van der Waals surface area (Å²) in [7, 11) is 0. The van der Waals surface area contributed by atoms with Crippen LogP contribution in [0.5, 0.6) is 5.75 Å². The first-order valence-corrected chi connectivity index (χ1v) is 7.82. The van der Waals surface area contributed by atoms with Crippen molar-refractivity contribution in [3.8, 4) is 17.1 Å². The second-order valence-corrected chi connectivity index (χ2v) is 6.08. The number of nitrogens with zero attached hydrogens (tertiary/aromatic N) is 1. The third kappa shape index (κ3) is 1.89. The van der Waals surface area contributed by atoms with Crippen molar-refractivity contribution < 1.29 is 14.3 Å². The van der Waals surface area contributed by atoms with E-state index in [9.17, 15) is 9.90 Å². The number of aryl methyl sites for hydroxylation is 2. The molecule has 0 amide bonds. The Hall–Kier alpha value is -3.01. The third-order valence-electron chi connectivity index (χ3n) is 4.43. The van der Waals surface area contributed by atoms with Crippen LogP contribution in [0.4, 0.5) is 0 Å². The maximum Gasteiger partial charge on any atom is 0.228 e. The average molecular weight is 319 g/mol. The zero-order valence-electron chi connectivity index (χ0n) is 13.8. The van der Waals surface area contributed by atoms with Crippen LogP contribution in [0, 0.1) is 13.8 Å². The SMILES string of the molecule is CC(=O)n1c(C)cc2c(O)c(-c3ccc(C)o3)c3ccccc3c21. The molecule has 0 radical (unpaired) electrons. The Labute approximate surface area is 138 Å². The van der Waals surface area contributed by atoms with Gasteiger partial charge in [-0.2, -0.15) is 0 Å². The summed E-state index contributed by atoms with van der Waals surface area (Å²) < 4.78 is 7.41. The molecule has 0 aliphatic heterocycles. The highest BCUT2D eigenvalue weighted by Gasteiger charge is 2.22. The largest absolute Gasteiger partial charge is 0.506 e. The minimum absolute atomic E-state index is 0.0753. The van der Waals surface area contributed by atoms with E-state index in [1.54, 1.807) is 4.57 Å². The van der Waals surface area contributed by atoms with E-state index < -0.39 is 0 Å². The van der Waals surface area contributed by atoms with E-state index in [1.165, 1.54) is 6.92 Å². The van der Waals surface area contributed by atoms with Crippen LogP contribution in [-0.2, 0) is 0 Å². The van der Waals surface area contributed by atoms with Crippen molar-refractivity contribution in [2.24, 2.45) is 0 Å². The predicted molar refractivity (Wildman–Crippen MR) is 94.6 cm³/mol. The summed E-state index contributed by atoms with van der Waals surface area (Å²) in [6.07, 6.45) is 0. The van der Waals surface area contributed by atoms with Gasteiger partial charge in [-0.1, -0.05) is 24.3 Å². The molecule has 2 heterocycles. The number of benzene rings is 2. The molecule has 1 N–H and O–H groups in total. The van der Waals surface area contributed by atoms with Crippen LogP contribution in [0.15, 0.2) is 46.9 Å². The number of hydrogen-bond donors (Lipinski definition) is 1. The minimum atomic E-state index is -0.0753. The number of carbonyl (C=O) groups is 1. The summed E-state index contributed by atoms with van der Waals surface area (Å²) in [4.78, 5) is 12.1. The highest BCUT2D eigenvalue weighted by Crippen LogP contribution is 2.44. The van der Waals surface area contributed by atoms with Gasteiger partial charge in [0.1, 0.15) is 17.3 Å². The molecule has 4 nitrogen and oxygen atoms in total. The van der Waals surface area contributed by atoms with Gasteiger partial charge in [-0.15, -0.1) is 0 Å². The molecular weight excluding hydrogens is 302 g/mol. The Balaban J connectivity index is 2.26. The fourth-order valence-corrected chi connectivity index (χ4v) is 3.48. The molecule has 4 rings (SSSR count). The Morgan fingerprint density at radius 3 is 2.38 bits per heavy atom. The monoisotopic (exact) mass is 319 g/mol. The number of phenolic OH excluding ortho intramolecular Hbond substituents is 1. The molecule has 2 aromatic heterocycles. The quantitative estimate of drug-likeness (QED) is 0.535. The molecule has 0 aliphatic carbocycles. The van der Waals surface area contributed by atoms with Gasteiger partial charge in [-0.25, -0.2) is 0 Å². The van der Waals surface area contributed by atoms with Gasteiger partial charge in [-0.05, 0) is 37.4 Å². The zero-order valence-corrected chi connectivity index (χ0v) is 13.8. The second-order valence-electron chi connectivity index (χ2n) is 6.08. The third-order valence-corrected chi connectivity index (χ3v) is 4.43. The van der Waals surface area contributed by atoms with Gasteiger partial charge in [0.15, 0.2) is 0 Å². The lowest BCUT2D eigenvalue weighted by Gasteiger charge is -2.11. The van der Waals surface area contributed by atoms with Crippen LogP contribution in [0.3, 0.4) is 0 Å². The van der Waals surface area contributed by atoms with Gasteiger partial charge in [-0.3, -0.25) is 9.36 Å². The normalized spacial score (nSPS) is 11.5. The summed E-state index contributed by atoms with van der Waals surface area (Å²) in [5, 5.41) is 13.4. The van der Waals surface area contributed by atoms with E-state index in [1.807, 2.05) is 56.3 Å². The molecule has 0 aliphatic rings. The number of furan rings is 1. The number of aromatic hydroxyl groups is 1. The van der Waals surface area contributed by atoms with Crippen LogP contribution < -0.4 is 0 Å². The maximum absolute atomic E-state index is 12.1. The van der Waals surface area contributed by atoms with Crippen LogP contribution in [0.25, 0.3) is 33.0 Å². The topological polar surface area (TPSA) is 55.4 Å².